The van der Waals surface area contributed by atoms with Gasteiger partial charge in [0.25, 0.3) is 0 Å². The molecule has 23 heavy (non-hydrogen) atoms. The normalized spacial score (nSPS) is 11.8. The number of aryl methyl sites for hydroxylation is 1. The van der Waals surface area contributed by atoms with Crippen LogP contribution in [0.3, 0.4) is 0 Å². The quantitative estimate of drug-likeness (QED) is 0.497. The topological polar surface area (TPSA) is 64.5 Å². The van der Waals surface area contributed by atoms with E-state index in [1.165, 1.54) is 11.6 Å². The zero-order valence-corrected chi connectivity index (χ0v) is 14.5. The van der Waals surface area contributed by atoms with Gasteiger partial charge in [0.05, 0.1) is 11.8 Å². The summed E-state index contributed by atoms with van der Waals surface area (Å²) in [5, 5.41) is 26.6. The number of phenolic OH excluding ortho intramolecular Hbond substituents is 1. The van der Waals surface area contributed by atoms with Gasteiger partial charge in [-0.1, -0.05) is 35.9 Å². The van der Waals surface area contributed by atoms with Crippen molar-refractivity contribution in [2.24, 2.45) is 0 Å². The van der Waals surface area contributed by atoms with Crippen LogP contribution in [-0.2, 0) is 6.54 Å². The lowest BCUT2D eigenvalue weighted by atomic mass is 10.1. The van der Waals surface area contributed by atoms with Crippen molar-refractivity contribution in [3.8, 4) is 5.75 Å². The first kappa shape index (κ1) is 17.5. The van der Waals surface area contributed by atoms with Gasteiger partial charge in [0.15, 0.2) is 5.11 Å². The summed E-state index contributed by atoms with van der Waals surface area (Å²) in [7, 11) is 0. The lowest BCUT2D eigenvalue weighted by Gasteiger charge is -2.16. The van der Waals surface area contributed by atoms with Gasteiger partial charge in [0, 0.05) is 17.1 Å². The van der Waals surface area contributed by atoms with Gasteiger partial charge in [-0.3, -0.25) is 0 Å². The number of hydrogen-bond donors (Lipinski definition) is 4. The molecule has 0 saturated heterocycles. The number of aliphatic hydroxyl groups is 1. The Hall–Kier alpha value is -1.82. The van der Waals surface area contributed by atoms with Gasteiger partial charge >= 0.3 is 0 Å². The Balaban J connectivity index is 2.07. The van der Waals surface area contributed by atoms with Gasteiger partial charge < -0.3 is 20.8 Å². The van der Waals surface area contributed by atoms with Crippen molar-refractivity contribution in [3.05, 3.63) is 58.1 Å². The summed E-state index contributed by atoms with van der Waals surface area (Å²) in [4.78, 5) is 0. The Bertz CT molecular complexity index is 720. The van der Waals surface area contributed by atoms with Gasteiger partial charge in [-0.25, -0.2) is 0 Å². The molecule has 0 aliphatic rings. The fraction of sp³-hybridized carbons (Fsp3) is 0.235. The number of aliphatic hydroxyl groups excluding tert-OH is 1. The van der Waals surface area contributed by atoms with Gasteiger partial charge in [-0.2, -0.15) is 0 Å². The molecule has 0 heterocycles. The Morgan fingerprint density at radius 2 is 2.00 bits per heavy atom. The van der Waals surface area contributed by atoms with E-state index < -0.39 is 6.10 Å². The van der Waals surface area contributed by atoms with Crippen molar-refractivity contribution < 1.29 is 10.2 Å². The first-order chi connectivity index (χ1) is 10.9. The van der Waals surface area contributed by atoms with Crippen LogP contribution >= 0.6 is 23.8 Å². The molecule has 0 spiro atoms. The van der Waals surface area contributed by atoms with E-state index in [9.17, 15) is 10.2 Å². The minimum Gasteiger partial charge on any atom is -0.505 e. The van der Waals surface area contributed by atoms with Crippen LogP contribution in [0, 0.1) is 6.92 Å². The molecule has 0 radical (unpaired) electrons. The molecule has 0 aliphatic heterocycles. The number of hydrogen-bond acceptors (Lipinski definition) is 3. The zero-order valence-electron chi connectivity index (χ0n) is 12.9. The molecule has 4 N–H and O–H groups in total. The molecular formula is C17H19ClN2O2S. The van der Waals surface area contributed by atoms with E-state index in [1.807, 2.05) is 31.2 Å². The molecule has 4 nitrogen and oxygen atoms in total. The lowest BCUT2D eigenvalue weighted by molar-refractivity contribution is 0.195. The third-order valence-corrected chi connectivity index (χ3v) is 3.97. The Morgan fingerprint density at radius 3 is 2.65 bits per heavy atom. The van der Waals surface area contributed by atoms with Gasteiger partial charge in [0.1, 0.15) is 5.75 Å². The maximum atomic E-state index is 10.2. The summed E-state index contributed by atoms with van der Waals surface area (Å²) in [6.45, 7) is 4.16. The van der Waals surface area contributed by atoms with E-state index in [0.29, 0.717) is 27.9 Å². The molecule has 0 aliphatic carbocycles. The van der Waals surface area contributed by atoms with Crippen molar-refractivity contribution >= 4 is 34.6 Å². The van der Waals surface area contributed by atoms with Crippen molar-refractivity contribution in [2.75, 3.05) is 5.32 Å². The fourth-order valence-electron chi connectivity index (χ4n) is 2.18. The number of nitrogens with one attached hydrogen (secondary N) is 2. The third kappa shape index (κ3) is 4.58. The van der Waals surface area contributed by atoms with Crippen LogP contribution in [0.25, 0.3) is 0 Å². The molecule has 1 unspecified atom stereocenters. The average Bonchev–Trinajstić information content (AvgIpc) is 2.49. The number of aromatic hydroxyl groups is 1. The Labute approximate surface area is 146 Å². The minimum absolute atomic E-state index is 0.0653. The van der Waals surface area contributed by atoms with E-state index in [-0.39, 0.29) is 5.75 Å². The highest BCUT2D eigenvalue weighted by atomic mass is 35.5. The molecular weight excluding hydrogens is 332 g/mol. The van der Waals surface area contributed by atoms with Crippen LogP contribution in [0.1, 0.15) is 29.7 Å². The number of benzene rings is 2. The van der Waals surface area contributed by atoms with Gasteiger partial charge in [-0.05, 0) is 49.3 Å². The highest BCUT2D eigenvalue weighted by molar-refractivity contribution is 7.80. The number of halogens is 1. The highest BCUT2D eigenvalue weighted by Gasteiger charge is 2.14. The average molecular weight is 351 g/mol. The second-order valence-electron chi connectivity index (χ2n) is 5.30. The number of phenols is 1. The summed E-state index contributed by atoms with van der Waals surface area (Å²) < 4.78 is 0. The molecule has 0 aromatic heterocycles. The molecule has 2 aromatic rings. The molecule has 1 atom stereocenters. The summed E-state index contributed by atoms with van der Waals surface area (Å²) >= 11 is 11.3. The Morgan fingerprint density at radius 1 is 1.30 bits per heavy atom. The van der Waals surface area contributed by atoms with Crippen molar-refractivity contribution in [2.45, 2.75) is 26.5 Å². The zero-order chi connectivity index (χ0) is 17.0. The molecule has 2 aromatic carbocycles. The molecule has 6 heteroatoms. The SMILES string of the molecule is Cc1ccccc1CNC(=S)Nc1cc(Cl)cc(C(C)O)c1O. The largest absolute Gasteiger partial charge is 0.505 e. The van der Waals surface area contributed by atoms with Crippen LogP contribution < -0.4 is 10.6 Å². The third-order valence-electron chi connectivity index (χ3n) is 3.50. The summed E-state index contributed by atoms with van der Waals surface area (Å²) in [5.41, 5.74) is 3.01. The summed E-state index contributed by atoms with van der Waals surface area (Å²) in [6.07, 6.45) is -0.831. The Kier molecular flexibility index (Phi) is 5.82. The van der Waals surface area contributed by atoms with Crippen LogP contribution in [0.5, 0.6) is 5.75 Å². The predicted molar refractivity (Wildman–Crippen MR) is 98.0 cm³/mol. The van der Waals surface area contributed by atoms with Gasteiger partial charge in [-0.15, -0.1) is 0 Å². The minimum atomic E-state index is -0.831. The van der Waals surface area contributed by atoms with Crippen molar-refractivity contribution in [3.63, 3.8) is 0 Å². The number of anilines is 1. The predicted octanol–water partition coefficient (Wildman–Crippen LogP) is 3.89. The number of thiocarbonyl (C=S) groups is 1. The summed E-state index contributed by atoms with van der Waals surface area (Å²) in [5.74, 6) is -0.0653. The van der Waals surface area contributed by atoms with Crippen LogP contribution in [0.15, 0.2) is 36.4 Å². The second kappa shape index (κ2) is 7.64. The van der Waals surface area contributed by atoms with Crippen molar-refractivity contribution in [1.29, 1.82) is 0 Å². The summed E-state index contributed by atoms with van der Waals surface area (Å²) in [6, 6.07) is 11.1. The number of rotatable bonds is 4. The van der Waals surface area contributed by atoms with E-state index >= 15 is 0 Å². The van der Waals surface area contributed by atoms with E-state index in [4.69, 9.17) is 23.8 Å². The monoisotopic (exact) mass is 350 g/mol. The van der Waals surface area contributed by atoms with E-state index in [0.717, 1.165) is 5.56 Å². The maximum Gasteiger partial charge on any atom is 0.171 e. The highest BCUT2D eigenvalue weighted by Crippen LogP contribution is 2.35. The lowest BCUT2D eigenvalue weighted by Crippen LogP contribution is -2.28. The molecule has 122 valence electrons. The van der Waals surface area contributed by atoms with E-state index in [2.05, 4.69) is 10.6 Å². The van der Waals surface area contributed by atoms with E-state index in [1.54, 1.807) is 13.0 Å². The molecule has 0 saturated carbocycles. The molecule has 0 amide bonds. The van der Waals surface area contributed by atoms with Crippen LogP contribution in [0.4, 0.5) is 5.69 Å². The fourth-order valence-corrected chi connectivity index (χ4v) is 2.59. The maximum absolute atomic E-state index is 10.2. The smallest absolute Gasteiger partial charge is 0.171 e. The van der Waals surface area contributed by atoms with Crippen molar-refractivity contribution in [1.82, 2.24) is 5.32 Å². The molecule has 0 fully saturated rings. The van der Waals surface area contributed by atoms with Gasteiger partial charge in [0.2, 0.25) is 0 Å². The first-order valence-corrected chi connectivity index (χ1v) is 7.97. The second-order valence-corrected chi connectivity index (χ2v) is 6.15. The molecule has 2 rings (SSSR count). The van der Waals surface area contributed by atoms with Crippen LogP contribution in [0.2, 0.25) is 5.02 Å². The standard InChI is InChI=1S/C17H19ClN2O2S/c1-10-5-3-4-6-12(10)9-19-17(23)20-15-8-13(18)7-14(11(2)21)16(15)22/h3-8,11,21-22H,9H2,1-2H3,(H2,19,20,23). The van der Waals surface area contributed by atoms with Crippen LogP contribution in [-0.4, -0.2) is 15.3 Å². The first-order valence-electron chi connectivity index (χ1n) is 7.18. The molecule has 0 bridgehead atoms.